The summed E-state index contributed by atoms with van der Waals surface area (Å²) in [7, 11) is 1.63. The molecule has 1 fully saturated rings. The molecule has 28 heavy (non-hydrogen) atoms. The normalized spacial score (nSPS) is 14.4. The summed E-state index contributed by atoms with van der Waals surface area (Å²) in [5.41, 5.74) is 1.62. The Morgan fingerprint density at radius 1 is 1.04 bits per heavy atom. The van der Waals surface area contributed by atoms with E-state index in [1.54, 1.807) is 19.2 Å². The molecule has 3 aromatic rings. The maximum absolute atomic E-state index is 5.93. The van der Waals surface area contributed by atoms with Gasteiger partial charge >= 0.3 is 0 Å². The van der Waals surface area contributed by atoms with Gasteiger partial charge in [0.05, 0.1) is 7.11 Å². The lowest BCUT2D eigenvalue weighted by molar-refractivity contribution is 0.230. The van der Waals surface area contributed by atoms with Crippen molar-refractivity contribution in [1.82, 2.24) is 15.0 Å². The average molecular weight is 400 g/mol. The lowest BCUT2D eigenvalue weighted by Crippen LogP contribution is -2.25. The lowest BCUT2D eigenvalue weighted by atomic mass is 10.2. The quantitative estimate of drug-likeness (QED) is 0.581. The van der Waals surface area contributed by atoms with Crippen LogP contribution in [0.5, 0.6) is 11.5 Å². The Hall–Kier alpha value is -2.57. The molecule has 0 unspecified atom stereocenters. The Bertz CT molecular complexity index is 921. The molecule has 0 atom stereocenters. The van der Waals surface area contributed by atoms with Crippen molar-refractivity contribution < 1.29 is 14.0 Å². The van der Waals surface area contributed by atoms with Gasteiger partial charge in [-0.3, -0.25) is 4.90 Å². The number of hydrogen-bond donors (Lipinski definition) is 0. The molecule has 4 rings (SSSR count). The van der Waals surface area contributed by atoms with E-state index in [1.165, 1.54) is 12.8 Å². The van der Waals surface area contributed by atoms with E-state index in [0.29, 0.717) is 34.8 Å². The standard InChI is InChI=1S/C21H22ClN3O3/c1-26-19-14-16(6-9-18(19)27-13-12-25-10-2-3-11-25)20-23-21(28-24-20)15-4-7-17(22)8-5-15/h4-9,14H,2-3,10-13H2,1H3. The minimum atomic E-state index is 0.441. The summed E-state index contributed by atoms with van der Waals surface area (Å²) >= 11 is 5.93. The van der Waals surface area contributed by atoms with Gasteiger partial charge in [0.25, 0.3) is 5.89 Å². The van der Waals surface area contributed by atoms with Crippen molar-refractivity contribution in [3.63, 3.8) is 0 Å². The predicted octanol–water partition coefficient (Wildman–Crippen LogP) is 4.54. The van der Waals surface area contributed by atoms with Gasteiger partial charge in [-0.2, -0.15) is 4.98 Å². The van der Waals surface area contributed by atoms with Crippen molar-refractivity contribution in [2.45, 2.75) is 12.8 Å². The number of ether oxygens (including phenoxy) is 2. The Balaban J connectivity index is 1.47. The Kier molecular flexibility index (Phi) is 5.78. The second-order valence-corrected chi connectivity index (χ2v) is 7.13. The van der Waals surface area contributed by atoms with Crippen LogP contribution in [0.3, 0.4) is 0 Å². The van der Waals surface area contributed by atoms with Gasteiger partial charge in [0.15, 0.2) is 11.5 Å². The number of rotatable bonds is 7. The molecule has 146 valence electrons. The highest BCUT2D eigenvalue weighted by Crippen LogP contribution is 2.32. The van der Waals surface area contributed by atoms with Crippen molar-refractivity contribution in [3.05, 3.63) is 47.5 Å². The minimum Gasteiger partial charge on any atom is -0.493 e. The van der Waals surface area contributed by atoms with Crippen LogP contribution in [0.25, 0.3) is 22.8 Å². The van der Waals surface area contributed by atoms with Crippen molar-refractivity contribution >= 4 is 11.6 Å². The summed E-state index contributed by atoms with van der Waals surface area (Å²) in [5.74, 6) is 2.30. The van der Waals surface area contributed by atoms with E-state index >= 15 is 0 Å². The fourth-order valence-electron chi connectivity index (χ4n) is 3.27. The van der Waals surface area contributed by atoms with E-state index < -0.39 is 0 Å². The van der Waals surface area contributed by atoms with Crippen LogP contribution < -0.4 is 9.47 Å². The Labute approximate surface area is 169 Å². The molecule has 0 bridgehead atoms. The number of aromatic nitrogens is 2. The largest absolute Gasteiger partial charge is 0.493 e. The van der Waals surface area contributed by atoms with E-state index in [-0.39, 0.29) is 0 Å². The summed E-state index contributed by atoms with van der Waals surface area (Å²) in [6.07, 6.45) is 2.56. The minimum absolute atomic E-state index is 0.441. The zero-order valence-corrected chi connectivity index (χ0v) is 16.5. The molecule has 0 amide bonds. The molecule has 6 nitrogen and oxygen atoms in total. The number of hydrogen-bond acceptors (Lipinski definition) is 6. The monoisotopic (exact) mass is 399 g/mol. The van der Waals surface area contributed by atoms with Gasteiger partial charge in [-0.1, -0.05) is 16.8 Å². The third-order valence-electron chi connectivity index (χ3n) is 4.80. The van der Waals surface area contributed by atoms with Crippen LogP contribution in [0.4, 0.5) is 0 Å². The molecule has 1 aliphatic rings. The van der Waals surface area contributed by atoms with Crippen LogP contribution in [0.1, 0.15) is 12.8 Å². The molecule has 0 radical (unpaired) electrons. The van der Waals surface area contributed by atoms with E-state index in [0.717, 1.165) is 30.8 Å². The summed E-state index contributed by atoms with van der Waals surface area (Å²) in [5, 5.41) is 4.74. The third-order valence-corrected chi connectivity index (χ3v) is 5.05. The molecule has 0 spiro atoms. The highest BCUT2D eigenvalue weighted by Gasteiger charge is 2.15. The molecular formula is C21H22ClN3O3. The van der Waals surface area contributed by atoms with E-state index in [2.05, 4.69) is 15.0 Å². The SMILES string of the molecule is COc1cc(-c2noc(-c3ccc(Cl)cc3)n2)ccc1OCCN1CCCC1. The zero-order chi connectivity index (χ0) is 19.3. The van der Waals surface area contributed by atoms with E-state index in [4.69, 9.17) is 25.6 Å². The van der Waals surface area contributed by atoms with Crippen LogP contribution in [0.2, 0.25) is 5.02 Å². The number of nitrogens with zero attached hydrogens (tertiary/aromatic N) is 3. The molecule has 1 saturated heterocycles. The average Bonchev–Trinajstić information content (AvgIpc) is 3.41. The van der Waals surface area contributed by atoms with Crippen molar-refractivity contribution in [2.24, 2.45) is 0 Å². The van der Waals surface area contributed by atoms with E-state index in [9.17, 15) is 0 Å². The fraction of sp³-hybridized carbons (Fsp3) is 0.333. The molecule has 1 aromatic heterocycles. The summed E-state index contributed by atoms with van der Waals surface area (Å²) in [6.45, 7) is 3.89. The highest BCUT2D eigenvalue weighted by atomic mass is 35.5. The van der Waals surface area contributed by atoms with Gasteiger partial charge in [0.1, 0.15) is 6.61 Å². The van der Waals surface area contributed by atoms with Crippen LogP contribution in [-0.4, -0.2) is 48.4 Å². The third kappa shape index (κ3) is 4.29. The van der Waals surface area contributed by atoms with Gasteiger partial charge in [-0.25, -0.2) is 0 Å². The van der Waals surface area contributed by atoms with Crippen molar-refractivity contribution in [2.75, 3.05) is 33.4 Å². The molecule has 2 aromatic carbocycles. The second-order valence-electron chi connectivity index (χ2n) is 6.69. The van der Waals surface area contributed by atoms with Gasteiger partial charge < -0.3 is 14.0 Å². The first-order valence-electron chi connectivity index (χ1n) is 9.36. The summed E-state index contributed by atoms with van der Waals surface area (Å²) < 4.78 is 16.8. The zero-order valence-electron chi connectivity index (χ0n) is 15.7. The number of methoxy groups -OCH3 is 1. The van der Waals surface area contributed by atoms with Gasteiger partial charge in [-0.05, 0) is 68.4 Å². The first kappa shape index (κ1) is 18.8. The van der Waals surface area contributed by atoms with E-state index in [1.807, 2.05) is 30.3 Å². The predicted molar refractivity (Wildman–Crippen MR) is 108 cm³/mol. The fourth-order valence-corrected chi connectivity index (χ4v) is 3.39. The molecule has 0 N–H and O–H groups in total. The molecule has 7 heteroatoms. The topological polar surface area (TPSA) is 60.6 Å². The maximum Gasteiger partial charge on any atom is 0.258 e. The van der Waals surface area contributed by atoms with Gasteiger partial charge in [-0.15, -0.1) is 0 Å². The summed E-state index contributed by atoms with van der Waals surface area (Å²) in [4.78, 5) is 6.89. The maximum atomic E-state index is 5.93. The van der Waals surface area contributed by atoms with Crippen molar-refractivity contribution in [1.29, 1.82) is 0 Å². The number of benzene rings is 2. The van der Waals surface area contributed by atoms with Crippen LogP contribution >= 0.6 is 11.6 Å². The lowest BCUT2D eigenvalue weighted by Gasteiger charge is -2.16. The van der Waals surface area contributed by atoms with Gasteiger partial charge in [0.2, 0.25) is 5.82 Å². The molecule has 0 aliphatic carbocycles. The first-order valence-corrected chi connectivity index (χ1v) is 9.74. The molecule has 1 aliphatic heterocycles. The first-order chi connectivity index (χ1) is 13.7. The van der Waals surface area contributed by atoms with Crippen molar-refractivity contribution in [3.8, 4) is 34.3 Å². The highest BCUT2D eigenvalue weighted by molar-refractivity contribution is 6.30. The number of likely N-dealkylation sites (tertiary alicyclic amines) is 1. The second kappa shape index (κ2) is 8.63. The molecule has 0 saturated carbocycles. The Morgan fingerprint density at radius 2 is 1.79 bits per heavy atom. The molecule has 2 heterocycles. The van der Waals surface area contributed by atoms with Crippen LogP contribution in [0, 0.1) is 0 Å². The molecular weight excluding hydrogens is 378 g/mol. The summed E-state index contributed by atoms with van der Waals surface area (Å²) in [6, 6.07) is 12.9. The smallest absolute Gasteiger partial charge is 0.258 e. The number of halogens is 1. The van der Waals surface area contributed by atoms with Gasteiger partial charge in [0, 0.05) is 22.7 Å². The Morgan fingerprint density at radius 3 is 2.54 bits per heavy atom. The van der Waals surface area contributed by atoms with Crippen LogP contribution in [-0.2, 0) is 0 Å². The van der Waals surface area contributed by atoms with Crippen LogP contribution in [0.15, 0.2) is 47.0 Å².